The van der Waals surface area contributed by atoms with Gasteiger partial charge in [0.05, 0.1) is 12.8 Å². The topological polar surface area (TPSA) is 59.1 Å². The molecule has 0 saturated carbocycles. The zero-order chi connectivity index (χ0) is 17.0. The molecule has 1 aromatic carbocycles. The zero-order valence-electron chi connectivity index (χ0n) is 14.2. The van der Waals surface area contributed by atoms with Crippen LogP contribution in [-0.2, 0) is 0 Å². The van der Waals surface area contributed by atoms with Crippen LogP contribution in [-0.4, -0.2) is 23.6 Å². The summed E-state index contributed by atoms with van der Waals surface area (Å²) in [5, 5.41) is 7.27. The van der Waals surface area contributed by atoms with E-state index in [-0.39, 0.29) is 0 Å². The van der Waals surface area contributed by atoms with Gasteiger partial charge in [0, 0.05) is 23.7 Å². The third kappa shape index (κ3) is 4.73. The van der Waals surface area contributed by atoms with E-state index in [1.54, 1.807) is 13.2 Å². The second kappa shape index (κ2) is 7.51. The van der Waals surface area contributed by atoms with Crippen molar-refractivity contribution in [3.8, 4) is 5.75 Å². The Morgan fingerprint density at radius 1 is 1.13 bits per heavy atom. The Labute approximate surface area is 142 Å². The van der Waals surface area contributed by atoms with Crippen molar-refractivity contribution in [2.75, 3.05) is 24.3 Å². The van der Waals surface area contributed by atoms with Crippen molar-refractivity contribution in [3.05, 3.63) is 34.6 Å². The van der Waals surface area contributed by atoms with E-state index in [9.17, 15) is 0 Å². The highest BCUT2D eigenvalue weighted by molar-refractivity contribution is 6.31. The van der Waals surface area contributed by atoms with Crippen molar-refractivity contribution in [3.63, 3.8) is 0 Å². The molecule has 1 aromatic heterocycles. The lowest BCUT2D eigenvalue weighted by Crippen LogP contribution is -2.10. The lowest BCUT2D eigenvalue weighted by atomic mass is 10.2. The highest BCUT2D eigenvalue weighted by Gasteiger charge is 2.09. The van der Waals surface area contributed by atoms with Crippen LogP contribution in [0.25, 0.3) is 0 Å². The van der Waals surface area contributed by atoms with Gasteiger partial charge in [0.2, 0.25) is 0 Å². The van der Waals surface area contributed by atoms with Crippen LogP contribution in [0.4, 0.5) is 17.3 Å². The maximum absolute atomic E-state index is 6.15. The van der Waals surface area contributed by atoms with Crippen LogP contribution in [0.1, 0.15) is 25.2 Å². The lowest BCUT2D eigenvalue weighted by Gasteiger charge is -2.14. The van der Waals surface area contributed by atoms with Crippen molar-refractivity contribution in [1.82, 2.24) is 9.97 Å². The Morgan fingerprint density at radius 3 is 2.48 bits per heavy atom. The van der Waals surface area contributed by atoms with Crippen molar-refractivity contribution in [1.29, 1.82) is 0 Å². The number of aromatic nitrogens is 2. The van der Waals surface area contributed by atoms with E-state index in [0.717, 1.165) is 23.6 Å². The minimum absolute atomic E-state index is 0.542. The maximum atomic E-state index is 6.15. The summed E-state index contributed by atoms with van der Waals surface area (Å²) in [6, 6.07) is 5.63. The molecule has 2 rings (SSSR count). The zero-order valence-corrected chi connectivity index (χ0v) is 15.0. The predicted octanol–water partition coefficient (Wildman–Crippen LogP) is 4.57. The van der Waals surface area contributed by atoms with Crippen molar-refractivity contribution in [2.24, 2.45) is 5.92 Å². The van der Waals surface area contributed by atoms with Crippen molar-refractivity contribution in [2.45, 2.75) is 27.7 Å². The molecule has 23 heavy (non-hydrogen) atoms. The molecule has 0 spiro atoms. The molecule has 124 valence electrons. The summed E-state index contributed by atoms with van der Waals surface area (Å²) in [6.07, 6.45) is 0. The van der Waals surface area contributed by atoms with E-state index >= 15 is 0 Å². The van der Waals surface area contributed by atoms with Crippen LogP contribution >= 0.6 is 11.6 Å². The van der Waals surface area contributed by atoms with E-state index in [4.69, 9.17) is 16.3 Å². The van der Waals surface area contributed by atoms with Crippen LogP contribution < -0.4 is 15.4 Å². The number of halogens is 1. The normalized spacial score (nSPS) is 10.7. The molecule has 0 aliphatic heterocycles. The first-order valence-electron chi connectivity index (χ1n) is 7.59. The van der Waals surface area contributed by atoms with E-state index in [1.807, 2.05) is 26.0 Å². The summed E-state index contributed by atoms with van der Waals surface area (Å²) in [5.74, 6) is 3.43. The maximum Gasteiger partial charge on any atom is 0.143 e. The monoisotopic (exact) mass is 334 g/mol. The number of rotatable bonds is 6. The average Bonchev–Trinajstić information content (AvgIpc) is 2.48. The van der Waals surface area contributed by atoms with Gasteiger partial charge < -0.3 is 15.4 Å². The number of hydrogen-bond acceptors (Lipinski definition) is 5. The number of benzene rings is 1. The number of ether oxygens (including phenoxy) is 1. The van der Waals surface area contributed by atoms with Gasteiger partial charge in [0.15, 0.2) is 0 Å². The summed E-state index contributed by atoms with van der Waals surface area (Å²) in [4.78, 5) is 8.84. The molecule has 0 aliphatic carbocycles. The molecule has 0 unspecified atom stereocenters. The summed E-state index contributed by atoms with van der Waals surface area (Å²) in [7, 11) is 1.62. The number of methoxy groups -OCH3 is 1. The fourth-order valence-corrected chi connectivity index (χ4v) is 2.25. The van der Waals surface area contributed by atoms with E-state index in [0.29, 0.717) is 28.3 Å². The number of hydrogen-bond donors (Lipinski definition) is 2. The van der Waals surface area contributed by atoms with Gasteiger partial charge >= 0.3 is 0 Å². The van der Waals surface area contributed by atoms with Gasteiger partial charge in [-0.2, -0.15) is 0 Å². The fraction of sp³-hybridized carbons (Fsp3) is 0.412. The molecule has 0 radical (unpaired) electrons. The summed E-state index contributed by atoms with van der Waals surface area (Å²) in [6.45, 7) is 8.99. The van der Waals surface area contributed by atoms with Gasteiger partial charge in [-0.05, 0) is 31.4 Å². The summed E-state index contributed by atoms with van der Waals surface area (Å²) in [5.41, 5.74) is 1.79. The molecular formula is C17H23ClN4O. The highest BCUT2D eigenvalue weighted by atomic mass is 35.5. The van der Waals surface area contributed by atoms with E-state index in [1.165, 1.54) is 0 Å². The van der Waals surface area contributed by atoms with Gasteiger partial charge in [0.1, 0.15) is 23.2 Å². The molecule has 0 atom stereocenters. The summed E-state index contributed by atoms with van der Waals surface area (Å²) < 4.78 is 5.39. The number of anilines is 3. The molecule has 1 heterocycles. The molecule has 5 nitrogen and oxygen atoms in total. The molecule has 2 aromatic rings. The number of nitrogens with zero attached hydrogens (tertiary/aromatic N) is 2. The highest BCUT2D eigenvalue weighted by Crippen LogP contribution is 2.32. The molecule has 0 fully saturated rings. The molecule has 6 heteroatoms. The van der Waals surface area contributed by atoms with Crippen LogP contribution in [0, 0.1) is 19.8 Å². The quantitative estimate of drug-likeness (QED) is 0.810. The van der Waals surface area contributed by atoms with Gasteiger partial charge in [-0.25, -0.2) is 9.97 Å². The van der Waals surface area contributed by atoms with E-state index in [2.05, 4.69) is 34.4 Å². The largest absolute Gasteiger partial charge is 0.495 e. The third-order valence-corrected chi connectivity index (χ3v) is 3.68. The second-order valence-corrected chi connectivity index (χ2v) is 6.29. The molecule has 0 bridgehead atoms. The van der Waals surface area contributed by atoms with Gasteiger partial charge in [-0.3, -0.25) is 0 Å². The SMILES string of the molecule is COc1cc(Cl)c(C)cc1Nc1cc(NCC(C)C)nc(C)n1. The first-order chi connectivity index (χ1) is 10.9. The second-order valence-electron chi connectivity index (χ2n) is 5.89. The molecule has 0 amide bonds. The fourth-order valence-electron chi connectivity index (χ4n) is 2.10. The number of nitrogens with one attached hydrogen (secondary N) is 2. The predicted molar refractivity (Wildman–Crippen MR) is 96.1 cm³/mol. The van der Waals surface area contributed by atoms with Crippen LogP contribution in [0.3, 0.4) is 0 Å². The Kier molecular flexibility index (Phi) is 5.66. The minimum atomic E-state index is 0.542. The first kappa shape index (κ1) is 17.3. The van der Waals surface area contributed by atoms with Gasteiger partial charge in [0.25, 0.3) is 0 Å². The third-order valence-electron chi connectivity index (χ3n) is 3.27. The van der Waals surface area contributed by atoms with Crippen LogP contribution in [0.2, 0.25) is 5.02 Å². The lowest BCUT2D eigenvalue weighted by molar-refractivity contribution is 0.416. The van der Waals surface area contributed by atoms with E-state index < -0.39 is 0 Å². The Balaban J connectivity index is 2.27. The van der Waals surface area contributed by atoms with Crippen molar-refractivity contribution < 1.29 is 4.74 Å². The molecule has 0 saturated heterocycles. The average molecular weight is 335 g/mol. The molecule has 0 aliphatic rings. The smallest absolute Gasteiger partial charge is 0.143 e. The van der Waals surface area contributed by atoms with Crippen LogP contribution in [0.5, 0.6) is 5.75 Å². The van der Waals surface area contributed by atoms with Gasteiger partial charge in [-0.15, -0.1) is 0 Å². The Hall–Kier alpha value is -2.01. The van der Waals surface area contributed by atoms with Crippen molar-refractivity contribution >= 4 is 28.9 Å². The Morgan fingerprint density at radius 2 is 1.83 bits per heavy atom. The standard InChI is InChI=1S/C17H23ClN4O/c1-10(2)9-19-16-8-17(21-12(4)20-16)22-14-6-11(3)13(18)7-15(14)23-5/h6-8,10H,9H2,1-5H3,(H2,19,20,21,22). The van der Waals surface area contributed by atoms with Crippen LogP contribution in [0.15, 0.2) is 18.2 Å². The minimum Gasteiger partial charge on any atom is -0.495 e. The number of aryl methyl sites for hydroxylation is 2. The summed E-state index contributed by atoms with van der Waals surface area (Å²) >= 11 is 6.15. The first-order valence-corrected chi connectivity index (χ1v) is 7.97. The Bertz CT molecular complexity index is 689. The van der Waals surface area contributed by atoms with Gasteiger partial charge in [-0.1, -0.05) is 25.4 Å². The molecule has 2 N–H and O–H groups in total. The molecular weight excluding hydrogens is 312 g/mol.